The van der Waals surface area contributed by atoms with Crippen molar-refractivity contribution in [3.05, 3.63) is 52.6 Å². The number of nitrogens with zero attached hydrogens (tertiary/aromatic N) is 2. The van der Waals surface area contributed by atoms with Crippen LogP contribution in [0.4, 0.5) is 0 Å². The Morgan fingerprint density at radius 1 is 1.12 bits per heavy atom. The zero-order valence-corrected chi connectivity index (χ0v) is 9.36. The molecule has 78 valence electrons. The van der Waals surface area contributed by atoms with Crippen molar-refractivity contribution < 1.29 is 0 Å². The zero-order valence-electron chi connectivity index (χ0n) is 9.36. The molecule has 0 spiro atoms. The summed E-state index contributed by atoms with van der Waals surface area (Å²) in [5.74, 6) is 0. The number of hydrogen-bond acceptors (Lipinski definition) is 2. The molecule has 1 aromatic carbocycles. The van der Waals surface area contributed by atoms with Crippen molar-refractivity contribution in [2.24, 2.45) is 0 Å². The Kier molecular flexibility index (Phi) is 4.07. The molecule has 0 radical (unpaired) electrons. The Bertz CT molecular complexity index is 489. The molecule has 0 unspecified atom stereocenters. The normalized spacial score (nSPS) is 10.1. The third-order valence-corrected chi connectivity index (χ3v) is 2.08. The van der Waals surface area contributed by atoms with E-state index in [1.165, 1.54) is 5.56 Å². The topological polar surface area (TPSA) is 47.6 Å². The highest BCUT2D eigenvalue weighted by Gasteiger charge is 1.93. The summed E-state index contributed by atoms with van der Waals surface area (Å²) in [6, 6.07) is 11.7. The molecule has 0 aliphatic rings. The molecule has 0 saturated carbocycles. The largest absolute Gasteiger partial charge is 0.192 e. The van der Waals surface area contributed by atoms with Gasteiger partial charge in [-0.15, -0.1) is 0 Å². The van der Waals surface area contributed by atoms with Crippen LogP contribution in [-0.2, 0) is 0 Å². The number of benzene rings is 1. The molecule has 2 heteroatoms. The molecule has 1 aromatic rings. The van der Waals surface area contributed by atoms with Gasteiger partial charge in [-0.2, -0.15) is 10.5 Å². The maximum absolute atomic E-state index is 8.61. The van der Waals surface area contributed by atoms with Crippen molar-refractivity contribution in [2.75, 3.05) is 0 Å². The van der Waals surface area contributed by atoms with Gasteiger partial charge in [0.05, 0.1) is 0 Å². The Morgan fingerprint density at radius 2 is 1.69 bits per heavy atom. The van der Waals surface area contributed by atoms with Gasteiger partial charge in [-0.1, -0.05) is 35.9 Å². The van der Waals surface area contributed by atoms with Crippen LogP contribution in [0.25, 0.3) is 6.08 Å². The van der Waals surface area contributed by atoms with Crippen molar-refractivity contribution in [3.63, 3.8) is 0 Å². The number of aryl methyl sites for hydroxylation is 1. The van der Waals surface area contributed by atoms with Crippen LogP contribution in [0.15, 0.2) is 41.5 Å². The molecule has 0 amide bonds. The second-order valence-corrected chi connectivity index (χ2v) is 3.58. The van der Waals surface area contributed by atoms with E-state index in [2.05, 4.69) is 0 Å². The summed E-state index contributed by atoms with van der Waals surface area (Å²) in [6.45, 7) is 3.90. The van der Waals surface area contributed by atoms with Crippen LogP contribution in [0.5, 0.6) is 0 Å². The number of allylic oxidation sites excluding steroid dienone is 3. The highest BCUT2D eigenvalue weighted by atomic mass is 14.3. The highest BCUT2D eigenvalue weighted by Crippen LogP contribution is 2.10. The van der Waals surface area contributed by atoms with E-state index in [0.717, 1.165) is 11.1 Å². The number of rotatable bonds is 2. The number of hydrogen-bond donors (Lipinski definition) is 0. The molecule has 0 bridgehead atoms. The third-order valence-electron chi connectivity index (χ3n) is 2.08. The average molecular weight is 208 g/mol. The van der Waals surface area contributed by atoms with Gasteiger partial charge in [0.2, 0.25) is 0 Å². The summed E-state index contributed by atoms with van der Waals surface area (Å²) in [4.78, 5) is 0. The summed E-state index contributed by atoms with van der Waals surface area (Å²) < 4.78 is 0. The van der Waals surface area contributed by atoms with Crippen LogP contribution in [-0.4, -0.2) is 0 Å². The maximum Gasteiger partial charge on any atom is 0.129 e. The van der Waals surface area contributed by atoms with Gasteiger partial charge in [0.25, 0.3) is 0 Å². The molecule has 16 heavy (non-hydrogen) atoms. The first-order valence-corrected chi connectivity index (χ1v) is 4.92. The lowest BCUT2D eigenvalue weighted by Crippen LogP contribution is -1.78. The van der Waals surface area contributed by atoms with E-state index in [9.17, 15) is 0 Å². The van der Waals surface area contributed by atoms with Crippen molar-refractivity contribution in [3.8, 4) is 12.1 Å². The second-order valence-electron chi connectivity index (χ2n) is 3.58. The van der Waals surface area contributed by atoms with E-state index >= 15 is 0 Å². The molecule has 0 aliphatic carbocycles. The van der Waals surface area contributed by atoms with Crippen molar-refractivity contribution in [1.29, 1.82) is 10.5 Å². The van der Waals surface area contributed by atoms with Crippen LogP contribution >= 0.6 is 0 Å². The van der Waals surface area contributed by atoms with Crippen molar-refractivity contribution in [2.45, 2.75) is 13.8 Å². The first-order valence-electron chi connectivity index (χ1n) is 4.92. The van der Waals surface area contributed by atoms with Gasteiger partial charge in [-0.05, 0) is 31.1 Å². The smallest absolute Gasteiger partial charge is 0.129 e. The first kappa shape index (κ1) is 11.8. The van der Waals surface area contributed by atoms with Gasteiger partial charge in [-0.3, -0.25) is 0 Å². The summed E-state index contributed by atoms with van der Waals surface area (Å²) in [5, 5.41) is 17.2. The SMILES string of the molecule is C/C(C=C(C#N)C#N)=C/c1ccc(C)cc1. The lowest BCUT2D eigenvalue weighted by molar-refractivity contribution is 1.43. The van der Waals surface area contributed by atoms with Crippen LogP contribution in [0.2, 0.25) is 0 Å². The van der Waals surface area contributed by atoms with Crippen molar-refractivity contribution in [1.82, 2.24) is 0 Å². The van der Waals surface area contributed by atoms with Crippen LogP contribution in [0.3, 0.4) is 0 Å². The molecule has 0 atom stereocenters. The molecule has 0 N–H and O–H groups in total. The predicted molar refractivity (Wildman–Crippen MR) is 64.1 cm³/mol. The lowest BCUT2D eigenvalue weighted by Gasteiger charge is -1.96. The Labute approximate surface area is 95.8 Å². The van der Waals surface area contributed by atoms with Crippen LogP contribution in [0.1, 0.15) is 18.1 Å². The Morgan fingerprint density at radius 3 is 2.19 bits per heavy atom. The van der Waals surface area contributed by atoms with Crippen molar-refractivity contribution >= 4 is 6.08 Å². The Hall–Kier alpha value is -2.32. The van der Waals surface area contributed by atoms with Gasteiger partial charge < -0.3 is 0 Å². The molecule has 1 rings (SSSR count). The average Bonchev–Trinajstić information content (AvgIpc) is 2.29. The zero-order chi connectivity index (χ0) is 12.0. The van der Waals surface area contributed by atoms with E-state index in [0.29, 0.717) is 0 Å². The van der Waals surface area contributed by atoms with Gasteiger partial charge >= 0.3 is 0 Å². The standard InChI is InChI=1S/C14H12N2/c1-11-3-5-13(6-4-11)7-12(2)8-14(9-15)10-16/h3-8H,1-2H3/b12-7-. The van der Waals surface area contributed by atoms with Gasteiger partial charge in [-0.25, -0.2) is 0 Å². The van der Waals surface area contributed by atoms with E-state index < -0.39 is 0 Å². The Balaban J connectivity index is 2.95. The van der Waals surface area contributed by atoms with Gasteiger partial charge in [0, 0.05) is 0 Å². The monoisotopic (exact) mass is 208 g/mol. The summed E-state index contributed by atoms with van der Waals surface area (Å²) >= 11 is 0. The fourth-order valence-corrected chi connectivity index (χ4v) is 1.28. The van der Waals surface area contributed by atoms with E-state index in [1.807, 2.05) is 56.3 Å². The molecular weight excluding hydrogens is 196 g/mol. The fourth-order valence-electron chi connectivity index (χ4n) is 1.28. The second kappa shape index (κ2) is 5.53. The molecule has 0 heterocycles. The molecular formula is C14H12N2. The minimum absolute atomic E-state index is 0.126. The molecule has 0 aromatic heterocycles. The van der Waals surface area contributed by atoms with Crippen LogP contribution in [0, 0.1) is 29.6 Å². The molecule has 2 nitrogen and oxygen atoms in total. The van der Waals surface area contributed by atoms with Crippen LogP contribution < -0.4 is 0 Å². The van der Waals surface area contributed by atoms with E-state index in [4.69, 9.17) is 10.5 Å². The molecule has 0 fully saturated rings. The van der Waals surface area contributed by atoms with Gasteiger partial charge in [0.1, 0.15) is 17.7 Å². The molecule has 0 saturated heterocycles. The predicted octanol–water partition coefficient (Wildman–Crippen LogP) is 3.37. The van der Waals surface area contributed by atoms with E-state index in [-0.39, 0.29) is 5.57 Å². The fraction of sp³-hybridized carbons (Fsp3) is 0.143. The third kappa shape index (κ3) is 3.44. The minimum atomic E-state index is 0.126. The maximum atomic E-state index is 8.61. The molecule has 0 aliphatic heterocycles. The van der Waals surface area contributed by atoms with Gasteiger partial charge in [0.15, 0.2) is 0 Å². The van der Waals surface area contributed by atoms with E-state index in [1.54, 1.807) is 6.08 Å². The summed E-state index contributed by atoms with van der Waals surface area (Å²) in [6.07, 6.45) is 3.52. The quantitative estimate of drug-likeness (QED) is 0.552. The summed E-state index contributed by atoms with van der Waals surface area (Å²) in [5.41, 5.74) is 3.29. The number of nitriles is 2. The summed E-state index contributed by atoms with van der Waals surface area (Å²) in [7, 11) is 0. The minimum Gasteiger partial charge on any atom is -0.192 e. The lowest BCUT2D eigenvalue weighted by atomic mass is 10.1. The first-order chi connectivity index (χ1) is 7.65. The highest BCUT2D eigenvalue weighted by molar-refractivity contribution is 5.57.